The van der Waals surface area contributed by atoms with Crippen LogP contribution in [0, 0.1) is 37.5 Å². The lowest BCUT2D eigenvalue weighted by Crippen LogP contribution is -2.46. The predicted molar refractivity (Wildman–Crippen MR) is 81.2 cm³/mol. The summed E-state index contributed by atoms with van der Waals surface area (Å²) in [5.74, 6) is -0.930. The van der Waals surface area contributed by atoms with Crippen molar-refractivity contribution in [3.8, 4) is 0 Å². The maximum Gasteiger partial charge on any atom is 0.238 e. The summed E-state index contributed by atoms with van der Waals surface area (Å²) in [4.78, 5) is 39.1. The summed E-state index contributed by atoms with van der Waals surface area (Å²) >= 11 is 0. The van der Waals surface area contributed by atoms with E-state index in [-0.39, 0.29) is 35.4 Å². The quantitative estimate of drug-likeness (QED) is 0.748. The Morgan fingerprint density at radius 1 is 0.955 bits per heavy atom. The lowest BCUT2D eigenvalue weighted by Gasteiger charge is -2.41. The van der Waals surface area contributed by atoms with Crippen molar-refractivity contribution in [3.63, 3.8) is 0 Å². The Hall–Kier alpha value is -1.97. The van der Waals surface area contributed by atoms with Crippen LogP contribution in [0.1, 0.15) is 30.4 Å². The van der Waals surface area contributed by atoms with Gasteiger partial charge in [-0.15, -0.1) is 0 Å². The zero-order chi connectivity index (χ0) is 15.6. The Morgan fingerprint density at radius 3 is 2.36 bits per heavy atom. The molecule has 1 aromatic rings. The number of anilines is 1. The van der Waals surface area contributed by atoms with Crippen LogP contribution in [0.5, 0.6) is 0 Å². The molecule has 4 heteroatoms. The van der Waals surface area contributed by atoms with Gasteiger partial charge in [-0.1, -0.05) is 6.07 Å². The van der Waals surface area contributed by atoms with Gasteiger partial charge in [-0.05, 0) is 55.9 Å². The third-order valence-electron chi connectivity index (χ3n) is 5.81. The van der Waals surface area contributed by atoms with Crippen molar-refractivity contribution >= 4 is 23.3 Å². The molecule has 1 aliphatic heterocycles. The van der Waals surface area contributed by atoms with Gasteiger partial charge in [-0.2, -0.15) is 0 Å². The minimum atomic E-state index is -0.408. The van der Waals surface area contributed by atoms with Gasteiger partial charge in [0.05, 0.1) is 17.5 Å². The number of Topliss-reactive ketones (excluding diaryl/α,β-unsaturated/α-hetero) is 1. The third-order valence-corrected chi connectivity index (χ3v) is 5.81. The fraction of sp³-hybridized carbons (Fsp3) is 0.500. The molecule has 1 aromatic carbocycles. The number of benzene rings is 1. The van der Waals surface area contributed by atoms with Crippen LogP contribution in [-0.4, -0.2) is 17.6 Å². The molecule has 0 spiro atoms. The maximum absolute atomic E-state index is 12.8. The van der Waals surface area contributed by atoms with Crippen LogP contribution in [0.4, 0.5) is 5.69 Å². The molecular formula is C18H19NO3. The minimum absolute atomic E-state index is 0.0653. The first kappa shape index (κ1) is 13.7. The van der Waals surface area contributed by atoms with Crippen LogP contribution >= 0.6 is 0 Å². The monoisotopic (exact) mass is 297 g/mol. The van der Waals surface area contributed by atoms with Crippen LogP contribution in [0.15, 0.2) is 18.2 Å². The maximum atomic E-state index is 12.8. The van der Waals surface area contributed by atoms with Crippen LogP contribution in [0.25, 0.3) is 0 Å². The van der Waals surface area contributed by atoms with E-state index in [4.69, 9.17) is 0 Å². The molecule has 3 saturated carbocycles. The highest BCUT2D eigenvalue weighted by atomic mass is 16.2. The minimum Gasteiger partial charge on any atom is -0.299 e. The Bertz CT molecular complexity index is 708. The molecule has 4 fully saturated rings. The van der Waals surface area contributed by atoms with Gasteiger partial charge in [0.25, 0.3) is 0 Å². The van der Waals surface area contributed by atoms with E-state index >= 15 is 0 Å². The first-order valence-electron chi connectivity index (χ1n) is 7.97. The van der Waals surface area contributed by atoms with Gasteiger partial charge in [0.2, 0.25) is 11.8 Å². The van der Waals surface area contributed by atoms with Crippen LogP contribution in [0.2, 0.25) is 0 Å². The highest BCUT2D eigenvalue weighted by Gasteiger charge is 2.60. The SMILES string of the molecule is Cc1ccc(N2C(=O)[C@@H]3[C@H]4CC[C@H](C(=O)C4)[C@@H]3C2=O)cc1C. The molecule has 0 aromatic heterocycles. The number of hydrogen-bond donors (Lipinski definition) is 0. The number of aryl methyl sites for hydroxylation is 2. The molecule has 3 aliphatic carbocycles. The summed E-state index contributed by atoms with van der Waals surface area (Å²) in [6.45, 7) is 3.98. The topological polar surface area (TPSA) is 54.5 Å². The van der Waals surface area contributed by atoms with E-state index in [1.807, 2.05) is 32.0 Å². The molecule has 1 saturated heterocycles. The van der Waals surface area contributed by atoms with E-state index in [1.54, 1.807) is 0 Å². The molecule has 0 radical (unpaired) electrons. The summed E-state index contributed by atoms with van der Waals surface area (Å²) in [6.07, 6.45) is 2.15. The standard InChI is InChI=1S/C18H19NO3/c1-9-3-5-12(7-10(9)2)19-17(21)15-11-4-6-13(14(20)8-11)16(15)18(19)22/h3,5,7,11,13,15-16H,4,6,8H2,1-2H3/t11-,13+,15+,16-/m0/s1. The molecule has 0 N–H and O–H groups in total. The Morgan fingerprint density at radius 2 is 1.68 bits per heavy atom. The second kappa shape index (κ2) is 4.51. The first-order chi connectivity index (χ1) is 10.5. The smallest absolute Gasteiger partial charge is 0.238 e. The first-order valence-corrected chi connectivity index (χ1v) is 7.97. The summed E-state index contributed by atoms with van der Waals surface area (Å²) in [6, 6.07) is 5.67. The number of fused-ring (bicyclic) bond motifs is 2. The lowest BCUT2D eigenvalue weighted by atomic mass is 9.59. The highest BCUT2D eigenvalue weighted by Crippen LogP contribution is 2.52. The number of rotatable bonds is 1. The van der Waals surface area contributed by atoms with E-state index in [2.05, 4.69) is 0 Å². The van der Waals surface area contributed by atoms with Crippen LogP contribution in [-0.2, 0) is 14.4 Å². The summed E-state index contributed by atoms with van der Waals surface area (Å²) in [5, 5.41) is 0. The number of ketones is 1. The average molecular weight is 297 g/mol. The number of carbonyl (C=O) groups excluding carboxylic acids is 3. The third kappa shape index (κ3) is 1.67. The van der Waals surface area contributed by atoms with E-state index in [1.165, 1.54) is 4.90 Å². The molecule has 4 nitrogen and oxygen atoms in total. The van der Waals surface area contributed by atoms with Gasteiger partial charge >= 0.3 is 0 Å². The van der Waals surface area contributed by atoms with Gasteiger partial charge in [0, 0.05) is 12.3 Å². The highest BCUT2D eigenvalue weighted by molar-refractivity contribution is 6.23. The molecule has 4 aliphatic rings. The van der Waals surface area contributed by atoms with Crippen molar-refractivity contribution in [2.75, 3.05) is 4.90 Å². The van der Waals surface area contributed by atoms with Crippen molar-refractivity contribution in [2.24, 2.45) is 23.7 Å². The Balaban J connectivity index is 1.77. The van der Waals surface area contributed by atoms with E-state index in [0.717, 1.165) is 24.0 Å². The van der Waals surface area contributed by atoms with E-state index in [0.29, 0.717) is 12.1 Å². The van der Waals surface area contributed by atoms with Crippen LogP contribution < -0.4 is 4.90 Å². The largest absolute Gasteiger partial charge is 0.299 e. The average Bonchev–Trinajstić information content (AvgIpc) is 2.76. The molecule has 114 valence electrons. The lowest BCUT2D eigenvalue weighted by molar-refractivity contribution is -0.143. The Kier molecular flexibility index (Phi) is 2.80. The molecule has 5 rings (SSSR count). The van der Waals surface area contributed by atoms with E-state index in [9.17, 15) is 14.4 Å². The van der Waals surface area contributed by atoms with E-state index < -0.39 is 5.92 Å². The second-order valence-electron chi connectivity index (χ2n) is 6.95. The van der Waals surface area contributed by atoms with Gasteiger partial charge in [0.15, 0.2) is 0 Å². The van der Waals surface area contributed by atoms with Crippen molar-refractivity contribution in [2.45, 2.75) is 33.1 Å². The van der Waals surface area contributed by atoms with Crippen molar-refractivity contribution in [1.29, 1.82) is 0 Å². The molecule has 2 amide bonds. The van der Waals surface area contributed by atoms with Gasteiger partial charge in [-0.3, -0.25) is 19.3 Å². The van der Waals surface area contributed by atoms with Crippen molar-refractivity contribution in [3.05, 3.63) is 29.3 Å². The summed E-state index contributed by atoms with van der Waals surface area (Å²) < 4.78 is 0. The number of amides is 2. The molecule has 1 heterocycles. The molecule has 2 bridgehead atoms. The molecular weight excluding hydrogens is 278 g/mol. The van der Waals surface area contributed by atoms with Crippen molar-refractivity contribution < 1.29 is 14.4 Å². The number of nitrogens with zero attached hydrogens (tertiary/aromatic N) is 1. The number of carbonyl (C=O) groups is 3. The number of imide groups is 1. The normalized spacial score (nSPS) is 33.5. The fourth-order valence-corrected chi connectivity index (χ4v) is 4.50. The molecule has 4 atom stereocenters. The summed E-state index contributed by atoms with van der Waals surface area (Å²) in [5.41, 5.74) is 2.85. The zero-order valence-corrected chi connectivity index (χ0v) is 12.8. The van der Waals surface area contributed by atoms with Crippen LogP contribution in [0.3, 0.4) is 0 Å². The number of hydrogen-bond acceptors (Lipinski definition) is 3. The Labute approximate surface area is 129 Å². The second-order valence-corrected chi connectivity index (χ2v) is 6.95. The predicted octanol–water partition coefficient (Wildman–Crippen LogP) is 2.41. The van der Waals surface area contributed by atoms with Crippen molar-refractivity contribution in [1.82, 2.24) is 0 Å². The van der Waals surface area contributed by atoms with Gasteiger partial charge in [-0.25, -0.2) is 0 Å². The molecule has 22 heavy (non-hydrogen) atoms. The zero-order valence-electron chi connectivity index (χ0n) is 12.8. The van der Waals surface area contributed by atoms with Gasteiger partial charge in [0.1, 0.15) is 5.78 Å². The summed E-state index contributed by atoms with van der Waals surface area (Å²) in [7, 11) is 0. The van der Waals surface area contributed by atoms with Gasteiger partial charge < -0.3 is 0 Å². The fourth-order valence-electron chi connectivity index (χ4n) is 4.50. The molecule has 0 unspecified atom stereocenters.